The van der Waals surface area contributed by atoms with Gasteiger partial charge in [0.25, 0.3) is 0 Å². The molecule has 0 fully saturated rings. The number of rotatable bonds is 11. The van der Waals surface area contributed by atoms with E-state index in [9.17, 15) is 39.6 Å². The second-order valence-corrected chi connectivity index (χ2v) is 5.71. The van der Waals surface area contributed by atoms with Crippen molar-refractivity contribution in [2.45, 2.75) is 0 Å². The number of carbonyl (C=O) groups is 4. The van der Waals surface area contributed by atoms with E-state index < -0.39 is 59.1 Å². The third kappa shape index (κ3) is 44.3. The molecule has 0 unspecified atom stereocenters. The summed E-state index contributed by atoms with van der Waals surface area (Å²) < 4.78 is 0. The molecule has 19 heteroatoms. The van der Waals surface area contributed by atoms with Gasteiger partial charge in [0, 0.05) is 39.3 Å². The van der Waals surface area contributed by atoms with E-state index in [1.54, 1.807) is 0 Å². The monoisotopic (exact) mass is 476 g/mol. The Morgan fingerprint density at radius 2 is 0.690 bits per heavy atom. The molecule has 0 aromatic carbocycles. The van der Waals surface area contributed by atoms with E-state index in [-0.39, 0.29) is 131 Å². The van der Waals surface area contributed by atoms with Gasteiger partial charge >= 0.3 is 127 Å². The molecule has 0 aromatic rings. The van der Waals surface area contributed by atoms with Gasteiger partial charge in [0.05, 0.1) is 23.9 Å². The van der Waals surface area contributed by atoms with Gasteiger partial charge in [-0.25, -0.2) is 0 Å². The fourth-order valence-corrected chi connectivity index (χ4v) is 1.44. The van der Waals surface area contributed by atoms with Gasteiger partial charge in [-0.05, 0) is 0 Å². The molecule has 0 heterocycles. The molecule has 0 saturated heterocycles. The molecule has 0 saturated carbocycles. The van der Waals surface area contributed by atoms with Crippen molar-refractivity contribution >= 4 is 32.9 Å². The van der Waals surface area contributed by atoms with E-state index >= 15 is 0 Å². The SMILES string of the molecule is O=C([O-])CN(CCN(CC(=O)[O-])CC(=O)[O-])CC(=O)[O-].O[Si](O)(O)O.[Na+].[Na+].[Na+].[Na+]. The molecule has 0 amide bonds. The Kier molecular flexibility index (Phi) is 37.6. The first-order chi connectivity index (χ1) is 11.2. The summed E-state index contributed by atoms with van der Waals surface area (Å²) in [5.74, 6) is -6.12. The predicted octanol–water partition coefficient (Wildman–Crippen LogP) is -22.0. The van der Waals surface area contributed by atoms with E-state index in [1.165, 1.54) is 0 Å². The number of aliphatic carboxylic acids is 4. The van der Waals surface area contributed by atoms with Crippen LogP contribution in [0.25, 0.3) is 0 Å². The van der Waals surface area contributed by atoms with Crippen molar-refractivity contribution in [2.24, 2.45) is 0 Å². The maximum absolute atomic E-state index is 10.4. The van der Waals surface area contributed by atoms with Crippen LogP contribution in [0.2, 0.25) is 0 Å². The van der Waals surface area contributed by atoms with Gasteiger partial charge in [-0.2, -0.15) is 0 Å². The van der Waals surface area contributed by atoms with Crippen molar-refractivity contribution in [3.05, 3.63) is 0 Å². The van der Waals surface area contributed by atoms with Crippen LogP contribution in [0.15, 0.2) is 0 Å². The van der Waals surface area contributed by atoms with E-state index in [4.69, 9.17) is 19.2 Å². The van der Waals surface area contributed by atoms with E-state index in [0.29, 0.717) is 0 Å². The molecule has 14 nitrogen and oxygen atoms in total. The zero-order chi connectivity index (χ0) is 20.2. The van der Waals surface area contributed by atoms with Gasteiger partial charge in [0.1, 0.15) is 0 Å². The first-order valence-corrected chi connectivity index (χ1v) is 8.13. The standard InChI is InChI=1S/C10H16N2O8.4Na.H4O4Si/c13-7(14)3-11(4-8(15)16)1-2-12(5-9(17)18)6-10(19)20;;;;;1-5(2,3)4/h1-6H2,(H,13,14)(H,15,16)(H,17,18)(H,19,20);;;;;1-4H/q;4*+1;/p-4. The smallest absolute Gasteiger partial charge is 0.549 e. The minimum absolute atomic E-state index is 0. The van der Waals surface area contributed by atoms with Gasteiger partial charge < -0.3 is 58.8 Å². The molecule has 0 atom stereocenters. The van der Waals surface area contributed by atoms with Crippen molar-refractivity contribution in [2.75, 3.05) is 39.3 Å². The fourth-order valence-electron chi connectivity index (χ4n) is 1.44. The third-order valence-corrected chi connectivity index (χ3v) is 2.14. The maximum Gasteiger partial charge on any atom is 1.00 e. The van der Waals surface area contributed by atoms with Gasteiger partial charge in [0.15, 0.2) is 0 Å². The van der Waals surface area contributed by atoms with Crippen LogP contribution < -0.4 is 139 Å². The van der Waals surface area contributed by atoms with Gasteiger partial charge in [-0.1, -0.05) is 0 Å². The van der Waals surface area contributed by atoms with Crippen LogP contribution >= 0.6 is 0 Å². The van der Waals surface area contributed by atoms with Crippen LogP contribution in [-0.2, 0) is 19.2 Å². The molecular weight excluding hydrogens is 460 g/mol. The second kappa shape index (κ2) is 24.5. The molecule has 0 aliphatic rings. The molecule has 0 aliphatic carbocycles. The number of hydrogen-bond donors (Lipinski definition) is 4. The molecule has 0 bridgehead atoms. The zero-order valence-corrected chi connectivity index (χ0v) is 25.7. The topological polar surface area (TPSA) is 248 Å². The first kappa shape index (κ1) is 44.5. The normalized spacial score (nSPS) is 9.45. The van der Waals surface area contributed by atoms with E-state index in [2.05, 4.69) is 0 Å². The minimum Gasteiger partial charge on any atom is -0.549 e. The van der Waals surface area contributed by atoms with Crippen LogP contribution in [0.1, 0.15) is 0 Å². The third-order valence-electron chi connectivity index (χ3n) is 2.14. The average molecular weight is 476 g/mol. The Bertz CT molecular complexity index is 408. The largest absolute Gasteiger partial charge is 1.00 e. The summed E-state index contributed by atoms with van der Waals surface area (Å²) in [4.78, 5) is 72.7. The number of carbonyl (C=O) groups excluding carboxylic acids is 4. The van der Waals surface area contributed by atoms with Gasteiger partial charge in [0.2, 0.25) is 0 Å². The van der Waals surface area contributed by atoms with Crippen LogP contribution in [0, 0.1) is 0 Å². The Balaban J connectivity index is -0.000000131. The molecule has 0 radical (unpaired) electrons. The molecule has 146 valence electrons. The molecule has 4 N–H and O–H groups in total. The molecule has 0 spiro atoms. The summed E-state index contributed by atoms with van der Waals surface area (Å²) in [6, 6.07) is 0. The number of hydrogen-bond acceptors (Lipinski definition) is 14. The summed E-state index contributed by atoms with van der Waals surface area (Å²) in [5, 5.41) is 41.6. The van der Waals surface area contributed by atoms with Crippen molar-refractivity contribution in [1.29, 1.82) is 0 Å². The zero-order valence-electron chi connectivity index (χ0n) is 16.7. The van der Waals surface area contributed by atoms with Crippen LogP contribution in [-0.4, -0.2) is 101 Å². The van der Waals surface area contributed by atoms with Gasteiger partial charge in [-0.15, -0.1) is 0 Å². The first-order valence-electron chi connectivity index (χ1n) is 6.34. The molecule has 0 rings (SSSR count). The van der Waals surface area contributed by atoms with Crippen LogP contribution in [0.3, 0.4) is 0 Å². The van der Waals surface area contributed by atoms with Crippen molar-refractivity contribution in [3.8, 4) is 0 Å². The van der Waals surface area contributed by atoms with E-state index in [1.807, 2.05) is 0 Å². The van der Waals surface area contributed by atoms with Gasteiger partial charge in [-0.3, -0.25) is 9.80 Å². The molecule has 0 aromatic heterocycles. The summed E-state index contributed by atoms with van der Waals surface area (Å²) in [6.07, 6.45) is 0. The minimum atomic E-state index is -4.61. The Labute approximate surface area is 255 Å². The van der Waals surface area contributed by atoms with E-state index in [0.717, 1.165) is 9.80 Å². The number of carboxylic acids is 4. The van der Waals surface area contributed by atoms with Crippen LogP contribution in [0.5, 0.6) is 0 Å². The van der Waals surface area contributed by atoms with Crippen molar-refractivity contribution < 1.29 is 177 Å². The molecule has 0 aliphatic heterocycles. The second-order valence-electron chi connectivity index (χ2n) is 4.51. The van der Waals surface area contributed by atoms with Crippen molar-refractivity contribution in [3.63, 3.8) is 0 Å². The fraction of sp³-hybridized carbons (Fsp3) is 0.600. The van der Waals surface area contributed by atoms with Crippen LogP contribution in [0.4, 0.5) is 0 Å². The predicted molar refractivity (Wildman–Crippen MR) is 67.5 cm³/mol. The number of carboxylic acid groups (broad SMARTS) is 4. The quantitative estimate of drug-likeness (QED) is 0.202. The number of nitrogens with zero attached hydrogens (tertiary/aromatic N) is 2. The van der Waals surface area contributed by atoms with Crippen molar-refractivity contribution in [1.82, 2.24) is 9.80 Å². The average Bonchev–Trinajstić information content (AvgIpc) is 2.30. The molecular formula is C10H16N2Na4O12Si. The maximum atomic E-state index is 10.4. The Hall–Kier alpha value is 1.86. The molecule has 29 heavy (non-hydrogen) atoms. The summed E-state index contributed by atoms with van der Waals surface area (Å²) >= 11 is 0. The Morgan fingerprint density at radius 1 is 0.552 bits per heavy atom. The Morgan fingerprint density at radius 3 is 0.793 bits per heavy atom. The summed E-state index contributed by atoms with van der Waals surface area (Å²) in [7, 11) is -4.61. The summed E-state index contributed by atoms with van der Waals surface area (Å²) in [6.45, 7) is -3.25. The summed E-state index contributed by atoms with van der Waals surface area (Å²) in [5.41, 5.74) is 0.